The van der Waals surface area contributed by atoms with Gasteiger partial charge in [-0.05, 0) is 94.1 Å². The average Bonchev–Trinajstić information content (AvgIpc) is 1.90. The Labute approximate surface area is 556 Å². The van der Waals surface area contributed by atoms with Gasteiger partial charge in [0, 0.05) is 122 Å². The standard InChI is InChI=1S/C24H26Cl2FN5O3.C20H19Cl2FN4O3.C18H17Cl2FN4O2/c1-14(22-18(25)2-3-19(27)23(22)26)35-20-8-16(9-29-24(20)28)17-10-30-32(12-17)11-15-4-6-31(7-5-15)21(34)13-33;1-11(18-15(21)2-3-16(23)19(18)22)30-17-4-12(5-25-20(17)24)13-6-26-27(7-13)8-14-9-28-10-29-14;1-10(16-13(19)2-3-14(21)17(16)20)27-15-6-11(7-23-18(15)22)12-8-24-25(9-12)4-5-26/h2-3,8-10,12,14-15,33H,4-7,11,13H2,1H3,(H2,28,29);2-7,11,14H,8-10H2,1H3,(H2,24,25);2-3,6-10,26H,4-5H2,1H3,(H2,22,23). The van der Waals surface area contributed by atoms with Gasteiger partial charge in [0.15, 0.2) is 34.7 Å². The van der Waals surface area contributed by atoms with Crippen molar-refractivity contribution in [2.75, 3.05) is 56.9 Å². The molecule has 3 aromatic carbocycles. The normalized spacial score (nSPS) is 15.0. The number of piperidine rings is 1. The third-order valence-electron chi connectivity index (χ3n) is 14.9. The fourth-order valence-electron chi connectivity index (χ4n) is 9.99. The highest BCUT2D eigenvalue weighted by Gasteiger charge is 2.26. The molecule has 2 aliphatic heterocycles. The molecule has 0 bridgehead atoms. The maximum Gasteiger partial charge on any atom is 0.248 e. The largest absolute Gasteiger partial charge is 0.482 e. The van der Waals surface area contributed by atoms with Gasteiger partial charge in [0.05, 0.1) is 60.0 Å². The first-order valence-electron chi connectivity index (χ1n) is 28.5. The first-order chi connectivity index (χ1) is 44.1. The molecule has 0 aliphatic carbocycles. The van der Waals surface area contributed by atoms with Gasteiger partial charge in [-0.3, -0.25) is 18.8 Å². The van der Waals surface area contributed by atoms with Crippen molar-refractivity contribution in [3.8, 4) is 50.6 Å². The third kappa shape index (κ3) is 17.0. The number of hydrogen-bond donors (Lipinski definition) is 5. The fraction of sp³-hybridized carbons (Fsp3) is 0.306. The number of nitrogens with zero attached hydrogens (tertiary/aromatic N) is 10. The predicted molar refractivity (Wildman–Crippen MR) is 345 cm³/mol. The highest BCUT2D eigenvalue weighted by molar-refractivity contribution is 6.37. The lowest BCUT2D eigenvalue weighted by molar-refractivity contribution is -0.135. The molecule has 2 saturated heterocycles. The summed E-state index contributed by atoms with van der Waals surface area (Å²) < 4.78 is 75.3. The zero-order chi connectivity index (χ0) is 65.9. The van der Waals surface area contributed by atoms with Crippen LogP contribution in [0.15, 0.2) is 110 Å². The van der Waals surface area contributed by atoms with Crippen molar-refractivity contribution in [2.24, 2.45) is 5.92 Å². The van der Waals surface area contributed by atoms with Gasteiger partial charge in [0.25, 0.3) is 0 Å². The Balaban J connectivity index is 0.000000165. The van der Waals surface area contributed by atoms with Gasteiger partial charge in [-0.15, -0.1) is 0 Å². The molecule has 4 atom stereocenters. The number of halogens is 9. The SMILES string of the molecule is CC(Oc1cc(-c2cnn(CC3CCN(C(=O)CO)CC3)c2)cnc1N)c1c(Cl)ccc(F)c1Cl.CC(Oc1cc(-c2cnn(CC3COCO3)c2)cnc1N)c1c(Cl)ccc(F)c1Cl.CC(Oc1cc(-c2cnn(CCO)c2)cnc1N)c1c(Cl)ccc(F)c1Cl. The van der Waals surface area contributed by atoms with Crippen LogP contribution in [0.1, 0.15) is 68.6 Å². The molecule has 30 heteroatoms. The van der Waals surface area contributed by atoms with Crippen molar-refractivity contribution in [3.05, 3.63) is 175 Å². The highest BCUT2D eigenvalue weighted by Crippen LogP contribution is 2.41. The molecular formula is C62H62Cl6F3N13O8. The van der Waals surface area contributed by atoms with Crippen LogP contribution in [-0.2, 0) is 33.9 Å². The van der Waals surface area contributed by atoms with E-state index in [1.54, 1.807) is 96.6 Å². The van der Waals surface area contributed by atoms with Crippen LogP contribution in [0.4, 0.5) is 30.6 Å². The summed E-state index contributed by atoms with van der Waals surface area (Å²) in [7, 11) is 0. The molecule has 11 rings (SSSR count). The van der Waals surface area contributed by atoms with E-state index in [0.717, 1.165) is 52.8 Å². The van der Waals surface area contributed by atoms with Gasteiger partial charge in [0.1, 0.15) is 55.3 Å². The minimum Gasteiger partial charge on any atom is -0.482 e. The van der Waals surface area contributed by atoms with E-state index in [-0.39, 0.29) is 51.1 Å². The van der Waals surface area contributed by atoms with E-state index in [1.807, 2.05) is 17.1 Å². The summed E-state index contributed by atoms with van der Waals surface area (Å²) in [4.78, 5) is 25.9. The summed E-state index contributed by atoms with van der Waals surface area (Å²) in [5, 5.41) is 31.6. The van der Waals surface area contributed by atoms with Crippen molar-refractivity contribution in [1.29, 1.82) is 0 Å². The maximum atomic E-state index is 13.9. The summed E-state index contributed by atoms with van der Waals surface area (Å²) in [6.07, 6.45) is 15.2. The van der Waals surface area contributed by atoms with E-state index in [0.29, 0.717) is 94.5 Å². The van der Waals surface area contributed by atoms with Crippen LogP contribution in [0, 0.1) is 23.4 Å². The Morgan fingerprint density at radius 1 is 0.576 bits per heavy atom. The molecule has 92 heavy (non-hydrogen) atoms. The molecule has 1 amide bonds. The predicted octanol–water partition coefficient (Wildman–Crippen LogP) is 12.9. The van der Waals surface area contributed by atoms with Gasteiger partial charge in [-0.25, -0.2) is 28.1 Å². The number of likely N-dealkylation sites (tertiary alicyclic amines) is 1. The fourth-order valence-corrected chi connectivity index (χ4v) is 12.0. The zero-order valence-corrected chi connectivity index (χ0v) is 54.0. The summed E-state index contributed by atoms with van der Waals surface area (Å²) in [6.45, 7) is 8.46. The molecule has 2 fully saturated rings. The van der Waals surface area contributed by atoms with Crippen LogP contribution in [0.25, 0.3) is 33.4 Å². The molecule has 6 aromatic heterocycles. The minimum atomic E-state index is -0.670. The van der Waals surface area contributed by atoms with Crippen molar-refractivity contribution in [2.45, 2.75) is 77.7 Å². The number of hydrogen-bond acceptors (Lipinski definition) is 17. The van der Waals surface area contributed by atoms with Gasteiger partial charge < -0.3 is 56.0 Å². The van der Waals surface area contributed by atoms with Crippen molar-refractivity contribution in [3.63, 3.8) is 0 Å². The molecule has 9 aromatic rings. The molecule has 8 N–H and O–H groups in total. The van der Waals surface area contributed by atoms with Crippen LogP contribution >= 0.6 is 69.6 Å². The molecular weight excluding hydrogens is 1320 g/mol. The first kappa shape index (κ1) is 68.7. The second-order valence-corrected chi connectivity index (χ2v) is 23.6. The summed E-state index contributed by atoms with van der Waals surface area (Å²) in [5.41, 5.74) is 23.7. The van der Waals surface area contributed by atoms with Gasteiger partial charge in [-0.2, -0.15) is 15.3 Å². The van der Waals surface area contributed by atoms with E-state index >= 15 is 0 Å². The Hall–Kier alpha value is -7.62. The molecule has 8 heterocycles. The Bertz CT molecular complexity index is 4040. The molecule has 4 unspecified atom stereocenters. The summed E-state index contributed by atoms with van der Waals surface area (Å²) in [6, 6.07) is 13.1. The van der Waals surface area contributed by atoms with Crippen molar-refractivity contribution >= 4 is 93.0 Å². The molecule has 0 spiro atoms. The second-order valence-electron chi connectivity index (χ2n) is 21.3. The number of aromatic nitrogens is 9. The monoisotopic (exact) mass is 1380 g/mol. The first-order valence-corrected chi connectivity index (χ1v) is 30.8. The second kappa shape index (κ2) is 31.3. The lowest BCUT2D eigenvalue weighted by atomic mass is 9.97. The number of aliphatic hydroxyl groups is 2. The number of ether oxygens (including phenoxy) is 5. The minimum absolute atomic E-state index is 0.0118. The maximum absolute atomic E-state index is 13.9. The molecule has 0 saturated carbocycles. The number of carbonyl (C=O) groups is 1. The van der Waals surface area contributed by atoms with Crippen molar-refractivity contribution < 1.29 is 51.9 Å². The zero-order valence-electron chi connectivity index (χ0n) is 49.5. The van der Waals surface area contributed by atoms with E-state index < -0.39 is 42.4 Å². The van der Waals surface area contributed by atoms with Crippen LogP contribution in [-0.4, -0.2) is 111 Å². The van der Waals surface area contributed by atoms with Gasteiger partial charge >= 0.3 is 0 Å². The molecule has 0 radical (unpaired) electrons. The topological polar surface area (TPSA) is 277 Å². The van der Waals surface area contributed by atoms with Crippen LogP contribution < -0.4 is 31.4 Å². The average molecular weight is 1390 g/mol. The smallest absolute Gasteiger partial charge is 0.248 e. The van der Waals surface area contributed by atoms with E-state index in [4.69, 9.17) is 121 Å². The Morgan fingerprint density at radius 3 is 1.33 bits per heavy atom. The quantitative estimate of drug-likeness (QED) is 0.0471. The summed E-state index contributed by atoms with van der Waals surface area (Å²) >= 11 is 36.8. The number of benzene rings is 3. The van der Waals surface area contributed by atoms with E-state index in [9.17, 15) is 18.0 Å². The third-order valence-corrected chi connectivity index (χ3v) is 17.0. The number of nitrogens with two attached hydrogens (primary N) is 3. The Morgan fingerprint density at radius 2 is 0.957 bits per heavy atom. The number of pyridine rings is 3. The molecule has 21 nitrogen and oxygen atoms in total. The van der Waals surface area contributed by atoms with Crippen LogP contribution in [0.3, 0.4) is 0 Å². The lowest BCUT2D eigenvalue weighted by Gasteiger charge is -2.31. The molecule has 2 aliphatic rings. The number of nitrogen functional groups attached to an aromatic ring is 3. The van der Waals surface area contributed by atoms with E-state index in [1.165, 1.54) is 36.4 Å². The number of anilines is 3. The summed E-state index contributed by atoms with van der Waals surface area (Å²) in [5.74, 6) is -0.0676. The van der Waals surface area contributed by atoms with Crippen LogP contribution in [0.2, 0.25) is 30.1 Å². The Kier molecular flexibility index (Phi) is 23.4. The lowest BCUT2D eigenvalue weighted by Crippen LogP contribution is -2.40. The highest BCUT2D eigenvalue weighted by atomic mass is 35.5. The van der Waals surface area contributed by atoms with Crippen molar-refractivity contribution in [1.82, 2.24) is 49.2 Å². The van der Waals surface area contributed by atoms with Gasteiger partial charge in [0.2, 0.25) is 5.91 Å². The number of rotatable bonds is 19. The number of aliphatic hydroxyl groups excluding tert-OH is 2. The molecule has 486 valence electrons. The number of carbonyl (C=O) groups excluding carboxylic acids is 1. The van der Waals surface area contributed by atoms with Gasteiger partial charge in [-0.1, -0.05) is 69.6 Å². The van der Waals surface area contributed by atoms with Crippen LogP contribution in [0.5, 0.6) is 17.2 Å². The number of amides is 1. The van der Waals surface area contributed by atoms with E-state index in [2.05, 4.69) is 30.2 Å².